The van der Waals surface area contributed by atoms with Crippen LogP contribution in [0.2, 0.25) is 0 Å². The smallest absolute Gasteiger partial charge is 0.333 e. The molecular formula is C13H24O7. The lowest BCUT2D eigenvalue weighted by Gasteiger charge is -2.26. The van der Waals surface area contributed by atoms with Gasteiger partial charge in [-0.1, -0.05) is 0 Å². The zero-order valence-corrected chi connectivity index (χ0v) is 12.2. The monoisotopic (exact) mass is 292 g/mol. The second-order valence-corrected chi connectivity index (χ2v) is 4.55. The molecule has 20 heavy (non-hydrogen) atoms. The van der Waals surface area contributed by atoms with Crippen molar-refractivity contribution in [1.29, 1.82) is 0 Å². The molecule has 0 aromatic rings. The highest BCUT2D eigenvalue weighted by molar-refractivity contribution is 5.87. The molecule has 118 valence electrons. The van der Waals surface area contributed by atoms with Gasteiger partial charge in [0.2, 0.25) is 0 Å². The van der Waals surface area contributed by atoms with E-state index in [0.717, 1.165) is 0 Å². The van der Waals surface area contributed by atoms with Crippen molar-refractivity contribution in [1.82, 2.24) is 0 Å². The van der Waals surface area contributed by atoms with Gasteiger partial charge in [0.05, 0.1) is 26.4 Å². The average Bonchev–Trinajstić information content (AvgIpc) is 2.49. The highest BCUT2D eigenvalue weighted by atomic mass is 16.7. The summed E-state index contributed by atoms with van der Waals surface area (Å²) in [7, 11) is 2.89. The number of rotatable bonds is 10. The first-order valence-electron chi connectivity index (χ1n) is 6.22. The molecule has 0 radical (unpaired) electrons. The lowest BCUT2D eigenvalue weighted by atomic mass is 9.88. The third-order valence-corrected chi connectivity index (χ3v) is 3.04. The summed E-state index contributed by atoms with van der Waals surface area (Å²) in [6, 6.07) is 0. The number of aliphatic hydroxyl groups is 3. The Hall–Kier alpha value is -0.990. The van der Waals surface area contributed by atoms with Crippen molar-refractivity contribution in [2.45, 2.75) is 19.6 Å². The van der Waals surface area contributed by atoms with Gasteiger partial charge >= 0.3 is 5.97 Å². The number of methoxy groups -OCH3 is 2. The van der Waals surface area contributed by atoms with Gasteiger partial charge in [0, 0.05) is 25.2 Å². The number of aliphatic hydroxyl groups excluding tert-OH is 3. The molecular weight excluding hydrogens is 268 g/mol. The standard InChI is InChI=1S/C13H24O7/c1-10(6-11(18-2)19-3)12(17)20-5-4-13(7-14,8-15)9-16/h6,11,14-16H,4-5,7-9H2,1-3H3. The van der Waals surface area contributed by atoms with Crippen LogP contribution in [0.3, 0.4) is 0 Å². The molecule has 0 amide bonds. The van der Waals surface area contributed by atoms with Gasteiger partial charge in [0.1, 0.15) is 0 Å². The summed E-state index contributed by atoms with van der Waals surface area (Å²) in [6.07, 6.45) is 1.00. The van der Waals surface area contributed by atoms with Crippen molar-refractivity contribution < 1.29 is 34.3 Å². The Kier molecular flexibility index (Phi) is 9.35. The number of carbonyl (C=O) groups excluding carboxylic acids is 1. The summed E-state index contributed by atoms with van der Waals surface area (Å²) < 4.78 is 14.9. The van der Waals surface area contributed by atoms with Crippen molar-refractivity contribution in [2.75, 3.05) is 40.6 Å². The van der Waals surface area contributed by atoms with Crippen molar-refractivity contribution in [3.05, 3.63) is 11.6 Å². The van der Waals surface area contributed by atoms with E-state index in [1.165, 1.54) is 20.3 Å². The predicted molar refractivity (Wildman–Crippen MR) is 70.8 cm³/mol. The predicted octanol–water partition coefficient (Wildman–Crippen LogP) is -0.552. The fraction of sp³-hybridized carbons (Fsp3) is 0.769. The fourth-order valence-corrected chi connectivity index (χ4v) is 1.37. The molecule has 3 N–H and O–H groups in total. The largest absolute Gasteiger partial charge is 0.462 e. The summed E-state index contributed by atoms with van der Waals surface area (Å²) in [4.78, 5) is 11.7. The molecule has 0 aliphatic heterocycles. The van der Waals surface area contributed by atoms with E-state index in [4.69, 9.17) is 29.5 Å². The SMILES string of the molecule is COC(C=C(C)C(=O)OCCC(CO)(CO)CO)OC. The Balaban J connectivity index is 4.35. The highest BCUT2D eigenvalue weighted by Gasteiger charge is 2.28. The van der Waals surface area contributed by atoms with Crippen LogP contribution in [-0.2, 0) is 19.0 Å². The van der Waals surface area contributed by atoms with Crippen LogP contribution in [-0.4, -0.2) is 68.2 Å². The molecule has 0 bridgehead atoms. The van der Waals surface area contributed by atoms with E-state index in [1.807, 2.05) is 0 Å². The van der Waals surface area contributed by atoms with E-state index in [9.17, 15) is 4.79 Å². The maximum Gasteiger partial charge on any atom is 0.333 e. The zero-order chi connectivity index (χ0) is 15.6. The molecule has 0 aromatic carbocycles. The molecule has 0 unspecified atom stereocenters. The molecule has 0 fully saturated rings. The molecule has 0 aliphatic carbocycles. The van der Waals surface area contributed by atoms with E-state index in [0.29, 0.717) is 5.57 Å². The van der Waals surface area contributed by atoms with E-state index < -0.39 is 17.7 Å². The first-order chi connectivity index (χ1) is 9.48. The van der Waals surface area contributed by atoms with Gasteiger partial charge in [-0.25, -0.2) is 4.79 Å². The van der Waals surface area contributed by atoms with Gasteiger partial charge in [-0.2, -0.15) is 0 Å². The van der Waals surface area contributed by atoms with Crippen LogP contribution in [0.5, 0.6) is 0 Å². The molecule has 7 nitrogen and oxygen atoms in total. The summed E-state index contributed by atoms with van der Waals surface area (Å²) in [5.41, 5.74) is -0.722. The lowest BCUT2D eigenvalue weighted by molar-refractivity contribution is -0.141. The Bertz CT molecular complexity index is 298. The highest BCUT2D eigenvalue weighted by Crippen LogP contribution is 2.20. The van der Waals surface area contributed by atoms with Crippen LogP contribution in [0.15, 0.2) is 11.6 Å². The van der Waals surface area contributed by atoms with Gasteiger partial charge in [-0.05, 0) is 19.4 Å². The van der Waals surface area contributed by atoms with Crippen LogP contribution < -0.4 is 0 Å². The summed E-state index contributed by atoms with van der Waals surface area (Å²) >= 11 is 0. The van der Waals surface area contributed by atoms with Crippen molar-refractivity contribution >= 4 is 5.97 Å². The normalized spacial score (nSPS) is 12.8. The first kappa shape index (κ1) is 19.0. The Morgan fingerprint density at radius 1 is 1.15 bits per heavy atom. The average molecular weight is 292 g/mol. The molecule has 0 saturated carbocycles. The minimum atomic E-state index is -1.04. The van der Waals surface area contributed by atoms with Crippen LogP contribution in [0, 0.1) is 5.41 Å². The van der Waals surface area contributed by atoms with Gasteiger partial charge in [0.25, 0.3) is 0 Å². The van der Waals surface area contributed by atoms with Crippen LogP contribution in [0.25, 0.3) is 0 Å². The summed E-state index contributed by atoms with van der Waals surface area (Å²) in [5, 5.41) is 27.4. The first-order valence-corrected chi connectivity index (χ1v) is 6.22. The molecule has 0 atom stereocenters. The molecule has 0 saturated heterocycles. The Labute approximate surface area is 118 Å². The second-order valence-electron chi connectivity index (χ2n) is 4.55. The maximum atomic E-state index is 11.7. The van der Waals surface area contributed by atoms with Crippen LogP contribution in [0.4, 0.5) is 0 Å². The molecule has 0 aliphatic rings. The van der Waals surface area contributed by atoms with E-state index in [2.05, 4.69) is 0 Å². The fourth-order valence-electron chi connectivity index (χ4n) is 1.37. The molecule has 7 heteroatoms. The van der Waals surface area contributed by atoms with Crippen molar-refractivity contribution in [3.63, 3.8) is 0 Å². The maximum absolute atomic E-state index is 11.7. The van der Waals surface area contributed by atoms with Crippen LogP contribution in [0.1, 0.15) is 13.3 Å². The van der Waals surface area contributed by atoms with Gasteiger partial charge < -0.3 is 29.5 Å². The quantitative estimate of drug-likeness (QED) is 0.282. The van der Waals surface area contributed by atoms with E-state index in [1.54, 1.807) is 6.92 Å². The van der Waals surface area contributed by atoms with Gasteiger partial charge in [0.15, 0.2) is 6.29 Å². The minimum absolute atomic E-state index is 0.0175. The van der Waals surface area contributed by atoms with Gasteiger partial charge in [-0.3, -0.25) is 0 Å². The zero-order valence-electron chi connectivity index (χ0n) is 12.2. The number of esters is 1. The number of ether oxygens (including phenoxy) is 3. The molecule has 0 rings (SSSR count). The molecule has 0 spiro atoms. The Morgan fingerprint density at radius 2 is 1.65 bits per heavy atom. The van der Waals surface area contributed by atoms with Crippen molar-refractivity contribution in [3.8, 4) is 0 Å². The Morgan fingerprint density at radius 3 is 2.05 bits per heavy atom. The van der Waals surface area contributed by atoms with Crippen molar-refractivity contribution in [2.24, 2.45) is 5.41 Å². The number of hydrogen-bond donors (Lipinski definition) is 3. The number of hydrogen-bond acceptors (Lipinski definition) is 7. The summed E-state index contributed by atoms with van der Waals surface area (Å²) in [5.74, 6) is -0.549. The van der Waals surface area contributed by atoms with Crippen LogP contribution >= 0.6 is 0 Å². The van der Waals surface area contributed by atoms with E-state index >= 15 is 0 Å². The lowest BCUT2D eigenvalue weighted by Crippen LogP contribution is -2.35. The molecule has 0 aromatic heterocycles. The third-order valence-electron chi connectivity index (χ3n) is 3.04. The number of carbonyl (C=O) groups is 1. The third kappa shape index (κ3) is 5.98. The minimum Gasteiger partial charge on any atom is -0.462 e. The molecule has 0 heterocycles. The topological polar surface area (TPSA) is 105 Å². The van der Waals surface area contributed by atoms with E-state index in [-0.39, 0.29) is 32.8 Å². The summed E-state index contributed by atoms with van der Waals surface area (Å²) in [6.45, 7) is 0.381. The second kappa shape index (κ2) is 9.84. The van der Waals surface area contributed by atoms with Gasteiger partial charge in [-0.15, -0.1) is 0 Å².